The van der Waals surface area contributed by atoms with E-state index in [4.69, 9.17) is 5.73 Å². The van der Waals surface area contributed by atoms with Gasteiger partial charge in [0.1, 0.15) is 0 Å². The Labute approximate surface area is 132 Å². The van der Waals surface area contributed by atoms with Gasteiger partial charge in [0, 0.05) is 32.1 Å². The maximum atomic E-state index is 12.4. The largest absolute Gasteiger partial charge is 0.370 e. The summed E-state index contributed by atoms with van der Waals surface area (Å²) in [6.45, 7) is 6.97. The zero-order valence-electron chi connectivity index (χ0n) is 13.4. The number of hydrogen-bond acceptors (Lipinski definition) is 4. The van der Waals surface area contributed by atoms with Crippen LogP contribution in [0.1, 0.15) is 32.8 Å². The number of nitrogens with two attached hydrogens (primary N) is 1. The molecule has 0 aliphatic rings. The smallest absolute Gasteiger partial charge is 0.243 e. The van der Waals surface area contributed by atoms with Gasteiger partial charge in [0.15, 0.2) is 0 Å². The van der Waals surface area contributed by atoms with Crippen molar-refractivity contribution >= 4 is 15.9 Å². The van der Waals surface area contributed by atoms with Crippen molar-refractivity contribution in [2.24, 2.45) is 5.73 Å². The van der Waals surface area contributed by atoms with Crippen molar-refractivity contribution in [1.82, 2.24) is 9.62 Å². The summed E-state index contributed by atoms with van der Waals surface area (Å²) in [7, 11) is -3.41. The van der Waals surface area contributed by atoms with E-state index >= 15 is 0 Å². The number of nitrogens with one attached hydrogen (secondary N) is 1. The second kappa shape index (κ2) is 8.26. The first-order valence-electron chi connectivity index (χ1n) is 7.42. The van der Waals surface area contributed by atoms with Crippen LogP contribution in [0.15, 0.2) is 29.2 Å². The van der Waals surface area contributed by atoms with Crippen LogP contribution < -0.4 is 11.1 Å². The molecule has 0 fully saturated rings. The fraction of sp³-hybridized carbons (Fsp3) is 0.533. The van der Waals surface area contributed by atoms with Gasteiger partial charge < -0.3 is 11.1 Å². The van der Waals surface area contributed by atoms with E-state index in [2.05, 4.69) is 5.32 Å². The van der Waals surface area contributed by atoms with Crippen molar-refractivity contribution in [3.05, 3.63) is 29.8 Å². The summed E-state index contributed by atoms with van der Waals surface area (Å²) in [5, 5.41) is 3.17. The molecule has 1 aromatic carbocycles. The molecule has 0 saturated heterocycles. The Hall–Kier alpha value is -1.44. The molecule has 1 rings (SSSR count). The molecule has 0 radical (unpaired) electrons. The summed E-state index contributed by atoms with van der Waals surface area (Å²) in [4.78, 5) is 11.1. The lowest BCUT2D eigenvalue weighted by Gasteiger charge is -2.18. The number of benzene rings is 1. The highest BCUT2D eigenvalue weighted by atomic mass is 32.2. The van der Waals surface area contributed by atoms with Crippen LogP contribution in [0.5, 0.6) is 0 Å². The summed E-state index contributed by atoms with van der Waals surface area (Å²) < 4.78 is 26.1. The Morgan fingerprint density at radius 2 is 1.77 bits per heavy atom. The van der Waals surface area contributed by atoms with Crippen LogP contribution in [0.4, 0.5) is 0 Å². The lowest BCUT2D eigenvalue weighted by atomic mass is 10.2. The van der Waals surface area contributed by atoms with Gasteiger partial charge >= 0.3 is 0 Å². The Morgan fingerprint density at radius 3 is 2.23 bits per heavy atom. The van der Waals surface area contributed by atoms with Crippen LogP contribution in [-0.4, -0.2) is 37.8 Å². The van der Waals surface area contributed by atoms with Crippen molar-refractivity contribution < 1.29 is 13.2 Å². The lowest BCUT2D eigenvalue weighted by molar-refractivity contribution is -0.118. The van der Waals surface area contributed by atoms with Gasteiger partial charge in [0.05, 0.1) is 4.90 Å². The maximum Gasteiger partial charge on any atom is 0.243 e. The Kier molecular flexibility index (Phi) is 6.99. The molecule has 0 aliphatic heterocycles. The molecule has 0 unspecified atom stereocenters. The molecule has 0 heterocycles. The Bertz CT molecular complexity index is 581. The van der Waals surface area contributed by atoms with Gasteiger partial charge in [0.2, 0.25) is 15.9 Å². The van der Waals surface area contributed by atoms with E-state index in [1.165, 1.54) is 4.31 Å². The predicted molar refractivity (Wildman–Crippen MR) is 86.7 cm³/mol. The Morgan fingerprint density at radius 1 is 1.23 bits per heavy atom. The monoisotopic (exact) mass is 327 g/mol. The van der Waals surface area contributed by atoms with Crippen molar-refractivity contribution in [3.63, 3.8) is 0 Å². The van der Waals surface area contributed by atoms with Crippen molar-refractivity contribution in [2.75, 3.05) is 13.1 Å². The molecular weight excluding hydrogens is 302 g/mol. The number of carbonyl (C=O) groups excluding carboxylic acids is 1. The number of hydrogen-bond donors (Lipinski definition) is 2. The van der Waals surface area contributed by atoms with E-state index < -0.39 is 10.0 Å². The zero-order chi connectivity index (χ0) is 16.8. The van der Waals surface area contributed by atoms with Crippen molar-refractivity contribution in [3.8, 4) is 0 Å². The minimum Gasteiger partial charge on any atom is -0.370 e. The van der Waals surface area contributed by atoms with Gasteiger partial charge in [-0.1, -0.05) is 26.0 Å². The molecule has 0 aliphatic carbocycles. The maximum absolute atomic E-state index is 12.4. The second-order valence-electron chi connectivity index (χ2n) is 5.19. The number of sulfonamides is 1. The average Bonchev–Trinajstić information content (AvgIpc) is 2.46. The third-order valence-electron chi connectivity index (χ3n) is 3.43. The standard InChI is InChI=1S/C15H25N3O3S/c1-4-18(5-2)22(20,21)14-8-6-13(7-9-14)11-17-12(3)10-15(16)19/h6-9,12,17H,4-5,10-11H2,1-3H3,(H2,16,19)/t12-/m0/s1. The first kappa shape index (κ1) is 18.6. The first-order chi connectivity index (χ1) is 10.3. The van der Waals surface area contributed by atoms with Crippen LogP contribution in [0.3, 0.4) is 0 Å². The summed E-state index contributed by atoms with van der Waals surface area (Å²) >= 11 is 0. The fourth-order valence-corrected chi connectivity index (χ4v) is 3.62. The summed E-state index contributed by atoms with van der Waals surface area (Å²) in [6.07, 6.45) is 0.272. The van der Waals surface area contributed by atoms with E-state index in [9.17, 15) is 13.2 Å². The third kappa shape index (κ3) is 5.08. The van der Waals surface area contributed by atoms with Crippen LogP contribution in [-0.2, 0) is 21.4 Å². The van der Waals surface area contributed by atoms with Crippen LogP contribution in [0.2, 0.25) is 0 Å². The summed E-state index contributed by atoms with van der Waals surface area (Å²) in [6, 6.07) is 6.77. The number of rotatable bonds is 9. The molecule has 1 aromatic rings. The molecule has 7 heteroatoms. The fourth-order valence-electron chi connectivity index (χ4n) is 2.16. The molecular formula is C15H25N3O3S. The summed E-state index contributed by atoms with van der Waals surface area (Å²) in [5.74, 6) is -0.347. The van der Waals surface area contributed by atoms with Gasteiger partial charge in [0.25, 0.3) is 0 Å². The van der Waals surface area contributed by atoms with Gasteiger partial charge in [-0.15, -0.1) is 0 Å². The highest BCUT2D eigenvalue weighted by Gasteiger charge is 2.21. The Balaban J connectivity index is 2.73. The van der Waals surface area contributed by atoms with Gasteiger partial charge in [-0.05, 0) is 24.6 Å². The molecule has 0 bridgehead atoms. The highest BCUT2D eigenvalue weighted by molar-refractivity contribution is 7.89. The number of nitrogens with zero attached hydrogens (tertiary/aromatic N) is 1. The molecule has 0 spiro atoms. The van der Waals surface area contributed by atoms with Gasteiger partial charge in [-0.2, -0.15) is 4.31 Å². The van der Waals surface area contributed by atoms with Crippen molar-refractivity contribution in [1.29, 1.82) is 0 Å². The highest BCUT2D eigenvalue weighted by Crippen LogP contribution is 2.16. The molecule has 1 atom stereocenters. The second-order valence-corrected chi connectivity index (χ2v) is 7.12. The number of primary amides is 1. The molecule has 0 saturated carbocycles. The van der Waals surface area contributed by atoms with E-state index in [-0.39, 0.29) is 18.4 Å². The first-order valence-corrected chi connectivity index (χ1v) is 8.86. The van der Waals surface area contributed by atoms with Crippen molar-refractivity contribution in [2.45, 2.75) is 44.7 Å². The van der Waals surface area contributed by atoms with E-state index in [0.29, 0.717) is 24.5 Å². The predicted octanol–water partition coefficient (Wildman–Crippen LogP) is 1.07. The minimum absolute atomic E-state index is 0.0171. The number of amides is 1. The van der Waals surface area contributed by atoms with Crippen LogP contribution in [0.25, 0.3) is 0 Å². The normalized spacial score (nSPS) is 13.3. The average molecular weight is 327 g/mol. The van der Waals surface area contributed by atoms with Crippen LogP contribution in [0, 0.1) is 0 Å². The molecule has 6 nitrogen and oxygen atoms in total. The number of carbonyl (C=O) groups is 1. The van der Waals surface area contributed by atoms with Gasteiger partial charge in [-0.25, -0.2) is 8.42 Å². The summed E-state index contributed by atoms with van der Waals surface area (Å²) in [5.41, 5.74) is 6.09. The van der Waals surface area contributed by atoms with Crippen LogP contribution >= 0.6 is 0 Å². The topological polar surface area (TPSA) is 92.5 Å². The quantitative estimate of drug-likeness (QED) is 0.709. The lowest BCUT2D eigenvalue weighted by Crippen LogP contribution is -2.31. The molecule has 1 amide bonds. The molecule has 124 valence electrons. The molecule has 22 heavy (non-hydrogen) atoms. The zero-order valence-corrected chi connectivity index (χ0v) is 14.2. The van der Waals surface area contributed by atoms with E-state index in [1.807, 2.05) is 20.8 Å². The van der Waals surface area contributed by atoms with Gasteiger partial charge in [-0.3, -0.25) is 4.79 Å². The van der Waals surface area contributed by atoms with E-state index in [1.54, 1.807) is 24.3 Å². The SMILES string of the molecule is CCN(CC)S(=O)(=O)c1ccc(CN[C@@H](C)CC(N)=O)cc1. The minimum atomic E-state index is -3.41. The van der Waals surface area contributed by atoms with E-state index in [0.717, 1.165) is 5.56 Å². The molecule has 0 aromatic heterocycles. The molecule has 3 N–H and O–H groups in total. The third-order valence-corrected chi connectivity index (χ3v) is 5.49.